The zero-order valence-electron chi connectivity index (χ0n) is 11.0. The average molecular weight is 266 g/mol. The van der Waals surface area contributed by atoms with Gasteiger partial charge in [-0.2, -0.15) is 0 Å². The molecule has 2 aromatic rings. The number of fused-ring (bicyclic) bond motifs is 1. The Hall–Kier alpha value is -2.46. The highest BCUT2D eigenvalue weighted by molar-refractivity contribution is 5.99. The number of aryl methyl sites for hydroxylation is 1. The monoisotopic (exact) mass is 266 g/mol. The summed E-state index contributed by atoms with van der Waals surface area (Å²) in [6.07, 6.45) is 0.607. The van der Waals surface area contributed by atoms with Gasteiger partial charge in [0.05, 0.1) is 5.69 Å². The number of hydrogen-bond acceptors (Lipinski definition) is 4. The van der Waals surface area contributed by atoms with E-state index in [2.05, 4.69) is 4.99 Å². The summed E-state index contributed by atoms with van der Waals surface area (Å²) in [5.41, 5.74) is 7.70. The highest BCUT2D eigenvalue weighted by Crippen LogP contribution is 2.34. The van der Waals surface area contributed by atoms with Gasteiger partial charge in [-0.05, 0) is 25.1 Å². The van der Waals surface area contributed by atoms with Gasteiger partial charge in [-0.1, -0.05) is 35.9 Å². The van der Waals surface area contributed by atoms with Crippen molar-refractivity contribution in [1.29, 1.82) is 0 Å². The maximum Gasteiger partial charge on any atom is 0.244 e. The molecule has 1 aliphatic rings. The fourth-order valence-corrected chi connectivity index (χ4v) is 2.24. The van der Waals surface area contributed by atoms with Gasteiger partial charge in [-0.25, -0.2) is 4.99 Å². The Labute approximate surface area is 116 Å². The zero-order chi connectivity index (χ0) is 14.2. The van der Waals surface area contributed by atoms with E-state index in [1.165, 1.54) is 0 Å². The van der Waals surface area contributed by atoms with Gasteiger partial charge in [-0.15, -0.1) is 0 Å². The summed E-state index contributed by atoms with van der Waals surface area (Å²) < 4.78 is 5.65. The molecule has 2 aromatic carbocycles. The Morgan fingerprint density at radius 1 is 1.20 bits per heavy atom. The molecule has 1 unspecified atom stereocenters. The fraction of sp³-hybridized carbons (Fsp3) is 0.125. The number of benzene rings is 2. The molecule has 1 aliphatic heterocycles. The summed E-state index contributed by atoms with van der Waals surface area (Å²) in [5, 5.41) is 0. The van der Waals surface area contributed by atoms with Gasteiger partial charge in [0.1, 0.15) is 0 Å². The van der Waals surface area contributed by atoms with Crippen LogP contribution in [0.3, 0.4) is 0 Å². The van der Waals surface area contributed by atoms with Gasteiger partial charge in [0, 0.05) is 11.1 Å². The summed E-state index contributed by atoms with van der Waals surface area (Å²) in [4.78, 5) is 15.8. The van der Waals surface area contributed by atoms with Gasteiger partial charge in [0.2, 0.25) is 11.6 Å². The summed E-state index contributed by atoms with van der Waals surface area (Å²) in [6.45, 7) is 1.98. The van der Waals surface area contributed by atoms with Crippen LogP contribution in [0.15, 0.2) is 53.5 Å². The van der Waals surface area contributed by atoms with Crippen LogP contribution in [0.5, 0.6) is 0 Å². The van der Waals surface area contributed by atoms with Crippen molar-refractivity contribution < 1.29 is 9.53 Å². The first kappa shape index (κ1) is 12.6. The summed E-state index contributed by atoms with van der Waals surface area (Å²) in [7, 11) is 0. The summed E-state index contributed by atoms with van der Waals surface area (Å²) in [5.74, 6) is 0.363. The van der Waals surface area contributed by atoms with Gasteiger partial charge in [-0.3, -0.25) is 10.5 Å². The lowest BCUT2D eigenvalue weighted by Gasteiger charge is -2.30. The van der Waals surface area contributed by atoms with Crippen LogP contribution in [0.25, 0.3) is 0 Å². The largest absolute Gasteiger partial charge is 0.444 e. The number of carbonyl (C=O) groups excluding carboxylic acids is 1. The topological polar surface area (TPSA) is 64.7 Å². The smallest absolute Gasteiger partial charge is 0.244 e. The summed E-state index contributed by atoms with van der Waals surface area (Å²) in [6, 6.07) is 14.9. The van der Waals surface area contributed by atoms with Crippen LogP contribution >= 0.6 is 0 Å². The molecule has 0 fully saturated rings. The lowest BCUT2D eigenvalue weighted by atomic mass is 10.0. The molecule has 0 spiro atoms. The molecule has 2 N–H and O–H groups in total. The molecule has 4 nitrogen and oxygen atoms in total. The Bertz CT molecular complexity index is 709. The number of ether oxygens (including phenoxy) is 1. The van der Waals surface area contributed by atoms with Crippen LogP contribution in [-0.2, 0) is 15.3 Å². The van der Waals surface area contributed by atoms with E-state index in [9.17, 15) is 4.79 Å². The van der Waals surface area contributed by atoms with Crippen molar-refractivity contribution in [3.8, 4) is 0 Å². The first-order valence-corrected chi connectivity index (χ1v) is 6.32. The molecular weight excluding hydrogens is 252 g/mol. The lowest BCUT2D eigenvalue weighted by Crippen LogP contribution is -2.45. The van der Waals surface area contributed by atoms with E-state index >= 15 is 0 Å². The second kappa shape index (κ2) is 4.58. The Kier molecular flexibility index (Phi) is 2.88. The Morgan fingerprint density at radius 2 is 2.00 bits per heavy atom. The van der Waals surface area contributed by atoms with Crippen LogP contribution in [0.2, 0.25) is 0 Å². The number of rotatable bonds is 2. The van der Waals surface area contributed by atoms with Gasteiger partial charge >= 0.3 is 0 Å². The first-order valence-electron chi connectivity index (χ1n) is 6.32. The molecule has 0 bridgehead atoms. The normalized spacial score (nSPS) is 20.6. The zero-order valence-corrected chi connectivity index (χ0v) is 11.0. The maximum absolute atomic E-state index is 11.4. The quantitative estimate of drug-likeness (QED) is 0.849. The third-order valence-corrected chi connectivity index (χ3v) is 3.25. The third kappa shape index (κ3) is 2.00. The molecule has 1 atom stereocenters. The minimum Gasteiger partial charge on any atom is -0.444 e. The van der Waals surface area contributed by atoms with Crippen molar-refractivity contribution in [2.75, 3.05) is 0 Å². The summed E-state index contributed by atoms with van der Waals surface area (Å²) >= 11 is 0. The molecule has 100 valence electrons. The predicted molar refractivity (Wildman–Crippen MR) is 76.8 cm³/mol. The SMILES string of the molecule is Cc1cccc(C2=Nc3ccccc3C(N)(C=O)O2)c1. The van der Waals surface area contributed by atoms with Crippen LogP contribution in [0.1, 0.15) is 16.7 Å². The lowest BCUT2D eigenvalue weighted by molar-refractivity contribution is -0.123. The van der Waals surface area contributed by atoms with Crippen molar-refractivity contribution in [3.63, 3.8) is 0 Å². The Balaban J connectivity index is 2.16. The number of hydrogen-bond donors (Lipinski definition) is 1. The van der Waals surface area contributed by atoms with E-state index in [4.69, 9.17) is 10.5 Å². The molecule has 0 amide bonds. The van der Waals surface area contributed by atoms with Gasteiger partial charge in [0.25, 0.3) is 0 Å². The van der Waals surface area contributed by atoms with E-state index in [-0.39, 0.29) is 0 Å². The maximum atomic E-state index is 11.4. The number of nitrogens with two attached hydrogens (primary N) is 1. The molecule has 0 aromatic heterocycles. The first-order chi connectivity index (χ1) is 9.62. The van der Waals surface area contributed by atoms with Crippen molar-refractivity contribution >= 4 is 17.9 Å². The molecule has 0 radical (unpaired) electrons. The fourth-order valence-electron chi connectivity index (χ4n) is 2.24. The highest BCUT2D eigenvalue weighted by Gasteiger charge is 2.36. The number of aldehydes is 1. The molecular formula is C16H14N2O2. The van der Waals surface area contributed by atoms with E-state index < -0.39 is 5.72 Å². The van der Waals surface area contributed by atoms with E-state index in [1.807, 2.05) is 43.3 Å². The molecule has 20 heavy (non-hydrogen) atoms. The highest BCUT2D eigenvalue weighted by atomic mass is 16.5. The molecule has 4 heteroatoms. The van der Waals surface area contributed by atoms with Crippen molar-refractivity contribution in [2.45, 2.75) is 12.6 Å². The predicted octanol–water partition coefficient (Wildman–Crippen LogP) is 2.41. The van der Waals surface area contributed by atoms with Gasteiger partial charge in [0.15, 0.2) is 6.29 Å². The molecule has 0 saturated heterocycles. The van der Waals surface area contributed by atoms with Crippen molar-refractivity contribution in [2.24, 2.45) is 10.7 Å². The third-order valence-electron chi connectivity index (χ3n) is 3.25. The number of carbonyl (C=O) groups is 1. The van der Waals surface area contributed by atoms with Gasteiger partial charge < -0.3 is 4.74 Å². The second-order valence-electron chi connectivity index (χ2n) is 4.82. The van der Waals surface area contributed by atoms with E-state index in [0.29, 0.717) is 23.4 Å². The number of nitrogens with zero attached hydrogens (tertiary/aromatic N) is 1. The number of para-hydroxylation sites is 1. The molecule has 0 aliphatic carbocycles. The molecule has 3 rings (SSSR count). The average Bonchev–Trinajstić information content (AvgIpc) is 2.47. The van der Waals surface area contributed by atoms with Crippen molar-refractivity contribution in [3.05, 3.63) is 65.2 Å². The minimum atomic E-state index is -1.49. The van der Waals surface area contributed by atoms with E-state index in [0.717, 1.165) is 11.1 Å². The van der Waals surface area contributed by atoms with Crippen LogP contribution in [-0.4, -0.2) is 12.2 Å². The minimum absolute atomic E-state index is 0.363. The van der Waals surface area contributed by atoms with Crippen LogP contribution in [0, 0.1) is 6.92 Å². The van der Waals surface area contributed by atoms with Crippen molar-refractivity contribution in [1.82, 2.24) is 0 Å². The van der Waals surface area contributed by atoms with Crippen LogP contribution in [0.4, 0.5) is 5.69 Å². The number of aliphatic imine (C=N–C) groups is 1. The standard InChI is InChI=1S/C16H14N2O2/c1-11-5-4-6-12(9-11)15-18-14-8-3-2-7-13(14)16(17,10-19)20-15/h2-10H,17H2,1H3. The molecule has 1 heterocycles. The van der Waals surface area contributed by atoms with E-state index in [1.54, 1.807) is 12.1 Å². The second-order valence-corrected chi connectivity index (χ2v) is 4.82. The Morgan fingerprint density at radius 3 is 2.75 bits per heavy atom. The molecule has 0 saturated carbocycles. The van der Waals surface area contributed by atoms with Crippen LogP contribution < -0.4 is 5.73 Å².